The Bertz CT molecular complexity index is 449. The van der Waals surface area contributed by atoms with Crippen LogP contribution in [0.15, 0.2) is 24.3 Å². The molecule has 1 aromatic carbocycles. The maximum atomic E-state index is 11.2. The molecule has 19 heavy (non-hydrogen) atoms. The lowest BCUT2D eigenvalue weighted by atomic mass is 9.93. The maximum absolute atomic E-state index is 11.2. The van der Waals surface area contributed by atoms with E-state index in [9.17, 15) is 15.0 Å². The highest BCUT2D eigenvalue weighted by Gasteiger charge is 2.32. The van der Waals surface area contributed by atoms with Gasteiger partial charge in [0.1, 0.15) is 5.75 Å². The quantitative estimate of drug-likeness (QED) is 0.879. The van der Waals surface area contributed by atoms with E-state index in [1.54, 1.807) is 31.4 Å². The van der Waals surface area contributed by atoms with Crippen LogP contribution in [0.4, 0.5) is 4.79 Å². The maximum Gasteiger partial charge on any atom is 0.407 e. The van der Waals surface area contributed by atoms with Gasteiger partial charge < -0.3 is 19.8 Å². The van der Waals surface area contributed by atoms with Gasteiger partial charge in [-0.05, 0) is 37.0 Å². The minimum absolute atomic E-state index is 0.377. The molecule has 1 fully saturated rings. The fraction of sp³-hybridized carbons (Fsp3) is 0.500. The number of amides is 1. The van der Waals surface area contributed by atoms with E-state index in [-0.39, 0.29) is 6.04 Å². The van der Waals surface area contributed by atoms with E-state index in [1.807, 2.05) is 0 Å². The van der Waals surface area contributed by atoms with E-state index in [0.29, 0.717) is 24.3 Å². The summed E-state index contributed by atoms with van der Waals surface area (Å²) in [5, 5.41) is 19.6. The molecule has 0 bridgehead atoms. The Labute approximate surface area is 112 Å². The average molecular weight is 265 g/mol. The SMILES string of the molecule is COc1cccc(C(O)[C@@H]2CCCCN2C(=O)O)c1. The Kier molecular flexibility index (Phi) is 4.27. The number of hydrogen-bond acceptors (Lipinski definition) is 3. The minimum atomic E-state index is -0.966. The number of methoxy groups -OCH3 is 1. The molecule has 0 aromatic heterocycles. The summed E-state index contributed by atoms with van der Waals surface area (Å²) in [4.78, 5) is 12.6. The van der Waals surface area contributed by atoms with Crippen LogP contribution in [0.25, 0.3) is 0 Å². The molecule has 0 spiro atoms. The lowest BCUT2D eigenvalue weighted by molar-refractivity contribution is 0.0285. The summed E-state index contributed by atoms with van der Waals surface area (Å²) in [6.07, 6.45) is 0.700. The molecule has 1 aliphatic heterocycles. The van der Waals surface area contributed by atoms with Crippen LogP contribution >= 0.6 is 0 Å². The van der Waals surface area contributed by atoms with E-state index in [1.165, 1.54) is 4.90 Å². The highest BCUT2D eigenvalue weighted by Crippen LogP contribution is 2.30. The number of aliphatic hydroxyl groups is 1. The molecule has 1 saturated heterocycles. The molecule has 5 heteroatoms. The van der Waals surface area contributed by atoms with Gasteiger partial charge in [-0.1, -0.05) is 12.1 Å². The lowest BCUT2D eigenvalue weighted by Crippen LogP contribution is -2.46. The minimum Gasteiger partial charge on any atom is -0.497 e. The number of carboxylic acid groups (broad SMARTS) is 1. The number of benzene rings is 1. The summed E-state index contributed by atoms with van der Waals surface area (Å²) < 4.78 is 5.13. The second kappa shape index (κ2) is 5.93. The fourth-order valence-corrected chi connectivity index (χ4v) is 2.57. The predicted molar refractivity (Wildman–Crippen MR) is 70.3 cm³/mol. The van der Waals surface area contributed by atoms with Crippen molar-refractivity contribution in [3.05, 3.63) is 29.8 Å². The van der Waals surface area contributed by atoms with Crippen LogP contribution in [0, 0.1) is 0 Å². The van der Waals surface area contributed by atoms with Crippen molar-refractivity contribution >= 4 is 6.09 Å². The molecule has 0 aliphatic carbocycles. The number of carbonyl (C=O) groups is 1. The zero-order chi connectivity index (χ0) is 13.8. The molecule has 0 radical (unpaired) electrons. The first-order chi connectivity index (χ1) is 9.13. The highest BCUT2D eigenvalue weighted by molar-refractivity contribution is 5.65. The summed E-state index contributed by atoms with van der Waals surface area (Å²) >= 11 is 0. The van der Waals surface area contributed by atoms with E-state index in [2.05, 4.69) is 0 Å². The van der Waals surface area contributed by atoms with Crippen molar-refractivity contribution in [2.75, 3.05) is 13.7 Å². The predicted octanol–water partition coefficient (Wildman–Crippen LogP) is 2.26. The van der Waals surface area contributed by atoms with Gasteiger partial charge in [-0.25, -0.2) is 4.79 Å². The van der Waals surface area contributed by atoms with Gasteiger partial charge in [0.2, 0.25) is 0 Å². The molecule has 104 valence electrons. The van der Waals surface area contributed by atoms with Gasteiger partial charge in [0, 0.05) is 6.54 Å². The number of nitrogens with zero attached hydrogens (tertiary/aromatic N) is 1. The first-order valence-corrected chi connectivity index (χ1v) is 6.45. The van der Waals surface area contributed by atoms with Gasteiger partial charge in [0.25, 0.3) is 0 Å². The van der Waals surface area contributed by atoms with Gasteiger partial charge in [0.05, 0.1) is 19.3 Å². The third-order valence-corrected chi connectivity index (χ3v) is 3.59. The van der Waals surface area contributed by atoms with Crippen molar-refractivity contribution in [1.82, 2.24) is 4.90 Å². The number of ether oxygens (including phenoxy) is 1. The number of hydrogen-bond donors (Lipinski definition) is 2. The van der Waals surface area contributed by atoms with Gasteiger partial charge >= 0.3 is 6.09 Å². The van der Waals surface area contributed by atoms with Crippen molar-refractivity contribution < 1.29 is 19.7 Å². The Morgan fingerprint density at radius 1 is 1.47 bits per heavy atom. The molecule has 2 N–H and O–H groups in total. The molecule has 1 unspecified atom stereocenters. The van der Waals surface area contributed by atoms with Gasteiger partial charge in [-0.15, -0.1) is 0 Å². The van der Waals surface area contributed by atoms with E-state index >= 15 is 0 Å². The first kappa shape index (κ1) is 13.7. The summed E-state index contributed by atoms with van der Waals surface area (Å²) in [6.45, 7) is 0.487. The van der Waals surface area contributed by atoms with E-state index < -0.39 is 12.2 Å². The molecule has 1 aromatic rings. The molecule has 5 nitrogen and oxygen atoms in total. The number of likely N-dealkylation sites (tertiary alicyclic amines) is 1. The first-order valence-electron chi connectivity index (χ1n) is 6.45. The summed E-state index contributed by atoms with van der Waals surface area (Å²) in [5.74, 6) is 0.661. The Hall–Kier alpha value is -1.75. The summed E-state index contributed by atoms with van der Waals surface area (Å²) in [6, 6.07) is 6.76. The van der Waals surface area contributed by atoms with Crippen LogP contribution in [0.5, 0.6) is 5.75 Å². The molecule has 0 saturated carbocycles. The fourth-order valence-electron chi connectivity index (χ4n) is 2.57. The standard InChI is InChI=1S/C14H19NO4/c1-19-11-6-4-5-10(9-11)13(16)12-7-2-3-8-15(12)14(17)18/h4-6,9,12-13,16H,2-3,7-8H2,1H3,(H,17,18)/t12-,13?/m0/s1. The van der Waals surface area contributed by atoms with Gasteiger partial charge in [-0.3, -0.25) is 0 Å². The molecule has 2 rings (SSSR count). The zero-order valence-electron chi connectivity index (χ0n) is 11.0. The lowest BCUT2D eigenvalue weighted by Gasteiger charge is -2.36. The van der Waals surface area contributed by atoms with Crippen molar-refractivity contribution in [1.29, 1.82) is 0 Å². The second-order valence-electron chi connectivity index (χ2n) is 4.76. The van der Waals surface area contributed by atoms with E-state index in [0.717, 1.165) is 12.8 Å². The van der Waals surface area contributed by atoms with Crippen molar-refractivity contribution in [2.45, 2.75) is 31.4 Å². The third kappa shape index (κ3) is 2.98. The molecule has 1 aliphatic rings. The molecule has 1 heterocycles. The Morgan fingerprint density at radius 3 is 2.95 bits per heavy atom. The summed E-state index contributed by atoms with van der Waals surface area (Å²) in [7, 11) is 1.57. The van der Waals surface area contributed by atoms with Crippen molar-refractivity contribution in [3.63, 3.8) is 0 Å². The van der Waals surface area contributed by atoms with Crippen molar-refractivity contribution in [2.24, 2.45) is 0 Å². The number of rotatable bonds is 3. The Morgan fingerprint density at radius 2 is 2.26 bits per heavy atom. The molecular weight excluding hydrogens is 246 g/mol. The van der Waals surface area contributed by atoms with Gasteiger partial charge in [0.15, 0.2) is 0 Å². The van der Waals surface area contributed by atoms with Crippen molar-refractivity contribution in [3.8, 4) is 5.75 Å². The number of aliphatic hydroxyl groups excluding tert-OH is 1. The smallest absolute Gasteiger partial charge is 0.407 e. The largest absolute Gasteiger partial charge is 0.497 e. The average Bonchev–Trinajstić information content (AvgIpc) is 2.46. The van der Waals surface area contributed by atoms with Crippen LogP contribution in [0.1, 0.15) is 30.9 Å². The van der Waals surface area contributed by atoms with Crippen LogP contribution in [-0.2, 0) is 0 Å². The van der Waals surface area contributed by atoms with Crippen LogP contribution < -0.4 is 4.74 Å². The number of piperidine rings is 1. The zero-order valence-corrected chi connectivity index (χ0v) is 11.0. The van der Waals surface area contributed by atoms with Gasteiger partial charge in [-0.2, -0.15) is 0 Å². The van der Waals surface area contributed by atoms with Crippen LogP contribution in [-0.4, -0.2) is 40.9 Å². The Balaban J connectivity index is 2.20. The van der Waals surface area contributed by atoms with E-state index in [4.69, 9.17) is 4.74 Å². The molecule has 2 atom stereocenters. The van der Waals surface area contributed by atoms with Crippen LogP contribution in [0.3, 0.4) is 0 Å². The summed E-state index contributed by atoms with van der Waals surface area (Å²) in [5.41, 5.74) is 0.692. The molecular formula is C14H19NO4. The van der Waals surface area contributed by atoms with Crippen LogP contribution in [0.2, 0.25) is 0 Å². The highest BCUT2D eigenvalue weighted by atomic mass is 16.5. The normalized spacial score (nSPS) is 20.9. The third-order valence-electron chi connectivity index (χ3n) is 3.59. The molecule has 1 amide bonds. The topological polar surface area (TPSA) is 70.0 Å². The second-order valence-corrected chi connectivity index (χ2v) is 4.76. The monoisotopic (exact) mass is 265 g/mol.